The zero-order chi connectivity index (χ0) is 30.3. The van der Waals surface area contributed by atoms with E-state index in [1.165, 1.54) is 0 Å². The zero-order valence-electron chi connectivity index (χ0n) is 25.9. The summed E-state index contributed by atoms with van der Waals surface area (Å²) >= 11 is 0. The van der Waals surface area contributed by atoms with Crippen molar-refractivity contribution in [2.45, 2.75) is 76.8 Å². The van der Waals surface area contributed by atoms with Gasteiger partial charge in [-0.25, -0.2) is 0 Å². The Morgan fingerprint density at radius 2 is 1.39 bits per heavy atom. The van der Waals surface area contributed by atoms with Gasteiger partial charge in [-0.2, -0.15) is 0 Å². The molecule has 44 heavy (non-hydrogen) atoms. The van der Waals surface area contributed by atoms with Crippen molar-refractivity contribution in [1.29, 1.82) is 0 Å². The first-order valence-corrected chi connectivity index (χ1v) is 15.4. The van der Waals surface area contributed by atoms with Crippen LogP contribution in [-0.4, -0.2) is 74.7 Å². The van der Waals surface area contributed by atoms with Crippen LogP contribution in [0.25, 0.3) is 0 Å². The van der Waals surface area contributed by atoms with Crippen LogP contribution in [0.1, 0.15) is 76.3 Å². The molecule has 0 saturated carbocycles. The van der Waals surface area contributed by atoms with Crippen molar-refractivity contribution in [3.05, 3.63) is 29.8 Å². The fourth-order valence-corrected chi connectivity index (χ4v) is 5.85. The van der Waals surface area contributed by atoms with Gasteiger partial charge < -0.3 is 36.4 Å². The maximum atomic E-state index is 13.2. The Bertz CT molecular complexity index is 997. The lowest BCUT2D eigenvalue weighted by Gasteiger charge is -2.27. The van der Waals surface area contributed by atoms with Crippen LogP contribution in [-0.2, 0) is 19.2 Å². The number of carboxylic acids is 1. The van der Waals surface area contributed by atoms with Gasteiger partial charge >= 0.3 is 5.97 Å². The van der Waals surface area contributed by atoms with Gasteiger partial charge in [0.2, 0.25) is 17.7 Å². The minimum absolute atomic E-state index is 0. The van der Waals surface area contributed by atoms with Crippen LogP contribution < -0.4 is 31.3 Å². The minimum atomic E-state index is -1.27. The lowest BCUT2D eigenvalue weighted by Crippen LogP contribution is -2.51. The summed E-state index contributed by atoms with van der Waals surface area (Å²) in [6.45, 7) is 5.52. The number of carbonyl (C=O) groups is 4. The summed E-state index contributed by atoms with van der Waals surface area (Å²) in [6, 6.07) is 5.44. The van der Waals surface area contributed by atoms with E-state index in [0.717, 1.165) is 83.1 Å². The van der Waals surface area contributed by atoms with E-state index in [0.29, 0.717) is 17.6 Å². The lowest BCUT2D eigenvalue weighted by molar-refractivity contribution is -0.141. The summed E-state index contributed by atoms with van der Waals surface area (Å²) in [5.74, 6) is -0.854. The number of halogens is 2. The van der Waals surface area contributed by atoms with Crippen molar-refractivity contribution in [2.75, 3.05) is 39.8 Å². The molecule has 0 radical (unpaired) electrons. The van der Waals surface area contributed by atoms with E-state index in [2.05, 4.69) is 26.6 Å². The molecule has 0 aromatic heterocycles. The number of rotatable bonds is 16. The van der Waals surface area contributed by atoms with Gasteiger partial charge in [-0.3, -0.25) is 19.2 Å². The van der Waals surface area contributed by atoms with Crippen LogP contribution in [0.5, 0.6) is 5.75 Å². The van der Waals surface area contributed by atoms with Gasteiger partial charge in [0, 0.05) is 5.92 Å². The van der Waals surface area contributed by atoms with Crippen molar-refractivity contribution in [3.63, 3.8) is 0 Å². The van der Waals surface area contributed by atoms with E-state index in [-0.39, 0.29) is 43.2 Å². The average molecular weight is 661 g/mol. The maximum absolute atomic E-state index is 13.2. The van der Waals surface area contributed by atoms with E-state index in [4.69, 9.17) is 4.74 Å². The topological polar surface area (TPSA) is 158 Å². The third-order valence-electron chi connectivity index (χ3n) is 8.56. The number of carboxylic acid groups (broad SMARTS) is 1. The van der Waals surface area contributed by atoms with Crippen molar-refractivity contribution in [3.8, 4) is 5.75 Å². The predicted molar refractivity (Wildman–Crippen MR) is 174 cm³/mol. The molecule has 3 rings (SSSR count). The van der Waals surface area contributed by atoms with Gasteiger partial charge in [0.25, 0.3) is 0 Å². The molecule has 2 aliphatic rings. The Morgan fingerprint density at radius 3 is 1.86 bits per heavy atom. The number of piperidine rings is 2. The molecule has 2 atom stereocenters. The quantitative estimate of drug-likeness (QED) is 0.158. The molecule has 1 aromatic carbocycles. The molecule has 0 bridgehead atoms. The molecule has 1 aromatic rings. The Hall–Kier alpha value is -2.60. The summed E-state index contributed by atoms with van der Waals surface area (Å²) in [5.41, 5.74) is 0.803. The highest BCUT2D eigenvalue weighted by molar-refractivity contribution is 5.92. The number of hydrogen-bond acceptors (Lipinski definition) is 7. The molecule has 6 N–H and O–H groups in total. The molecule has 3 amide bonds. The summed E-state index contributed by atoms with van der Waals surface area (Å²) in [5, 5.41) is 24.2. The molecule has 2 heterocycles. The van der Waals surface area contributed by atoms with Crippen LogP contribution in [0.3, 0.4) is 0 Å². The van der Waals surface area contributed by atoms with Crippen LogP contribution >= 0.6 is 24.8 Å². The fraction of sp³-hybridized carbons (Fsp3) is 0.677. The lowest BCUT2D eigenvalue weighted by atomic mass is 9.84. The first kappa shape index (κ1) is 39.4. The molecular formula is C31H51Cl2N5O6. The number of ether oxygens (including phenoxy) is 1. The molecule has 250 valence electrons. The van der Waals surface area contributed by atoms with Gasteiger partial charge in [-0.05, 0) is 114 Å². The first-order valence-electron chi connectivity index (χ1n) is 15.4. The van der Waals surface area contributed by atoms with Crippen molar-refractivity contribution >= 4 is 48.5 Å². The fourth-order valence-electron chi connectivity index (χ4n) is 5.85. The predicted octanol–water partition coefficient (Wildman–Crippen LogP) is 2.97. The van der Waals surface area contributed by atoms with E-state index < -0.39 is 36.3 Å². The summed E-state index contributed by atoms with van der Waals surface area (Å²) < 4.78 is 5.16. The van der Waals surface area contributed by atoms with E-state index in [1.54, 1.807) is 38.3 Å². The molecule has 1 unspecified atom stereocenters. The molecule has 2 saturated heterocycles. The van der Waals surface area contributed by atoms with E-state index in [1.807, 2.05) is 0 Å². The standard InChI is InChI=1S/C31H49N5O6.2ClH/c1-21(24-7-9-26(42-2)10-8-24)35-31(41)27(19-29(38)39)36-28(37)20-34-30(40)25(5-3-22-11-15-32-16-12-22)6-4-23-13-17-33-18-14-23;;/h7-10,21-23,25,27,32-33H,3-6,11-20H2,1-2H3,(H,34,40)(H,35,41)(H,36,37)(H,38,39);2*1H/t21?,27-;;/m0../s1. The highest BCUT2D eigenvalue weighted by Gasteiger charge is 2.27. The number of nitrogens with one attached hydrogen (secondary N) is 5. The van der Waals surface area contributed by atoms with Gasteiger partial charge in [0.05, 0.1) is 26.1 Å². The molecule has 2 fully saturated rings. The molecule has 0 spiro atoms. The van der Waals surface area contributed by atoms with Crippen LogP contribution in [0.2, 0.25) is 0 Å². The normalized spacial score (nSPS) is 16.9. The SMILES string of the molecule is COc1ccc(C(C)NC(=O)[C@H](CC(=O)O)NC(=O)CNC(=O)C(CCC2CCNCC2)CCC2CCNCC2)cc1.Cl.Cl. The monoisotopic (exact) mass is 659 g/mol. The number of aliphatic carboxylic acids is 1. The summed E-state index contributed by atoms with van der Waals surface area (Å²) in [4.78, 5) is 50.4. The van der Waals surface area contributed by atoms with Crippen molar-refractivity contribution in [1.82, 2.24) is 26.6 Å². The van der Waals surface area contributed by atoms with E-state index >= 15 is 0 Å². The minimum Gasteiger partial charge on any atom is -0.497 e. The average Bonchev–Trinajstić information content (AvgIpc) is 3.00. The van der Waals surface area contributed by atoms with Crippen molar-refractivity contribution < 1.29 is 29.0 Å². The Labute approximate surface area is 273 Å². The number of amides is 3. The van der Waals surface area contributed by atoms with Gasteiger partial charge in [0.1, 0.15) is 11.8 Å². The summed E-state index contributed by atoms with van der Waals surface area (Å²) in [6.07, 6.45) is 7.47. The second kappa shape index (κ2) is 21.2. The second-order valence-corrected chi connectivity index (χ2v) is 11.7. The summed E-state index contributed by atoms with van der Waals surface area (Å²) in [7, 11) is 1.56. The molecule has 0 aliphatic carbocycles. The smallest absolute Gasteiger partial charge is 0.305 e. The molecular weight excluding hydrogens is 609 g/mol. The maximum Gasteiger partial charge on any atom is 0.305 e. The van der Waals surface area contributed by atoms with Crippen LogP contribution in [0, 0.1) is 17.8 Å². The second-order valence-electron chi connectivity index (χ2n) is 11.7. The number of benzene rings is 1. The number of hydrogen-bond donors (Lipinski definition) is 6. The first-order chi connectivity index (χ1) is 20.2. The van der Waals surface area contributed by atoms with E-state index in [9.17, 15) is 24.3 Å². The number of methoxy groups -OCH3 is 1. The highest BCUT2D eigenvalue weighted by atomic mass is 35.5. The highest BCUT2D eigenvalue weighted by Crippen LogP contribution is 2.27. The number of carbonyl (C=O) groups excluding carboxylic acids is 3. The van der Waals surface area contributed by atoms with Gasteiger partial charge in [-0.1, -0.05) is 12.1 Å². The van der Waals surface area contributed by atoms with Crippen molar-refractivity contribution in [2.24, 2.45) is 17.8 Å². The molecule has 11 nitrogen and oxygen atoms in total. The third-order valence-corrected chi connectivity index (χ3v) is 8.56. The Balaban J connectivity index is 0.00000484. The largest absolute Gasteiger partial charge is 0.497 e. The zero-order valence-corrected chi connectivity index (χ0v) is 27.5. The Kier molecular flexibility index (Phi) is 19.0. The Morgan fingerprint density at radius 1 is 0.864 bits per heavy atom. The molecule has 2 aliphatic heterocycles. The third kappa shape index (κ3) is 14.0. The van der Waals surface area contributed by atoms with Crippen LogP contribution in [0.15, 0.2) is 24.3 Å². The van der Waals surface area contributed by atoms with Gasteiger partial charge in [-0.15, -0.1) is 24.8 Å². The molecule has 13 heteroatoms. The van der Waals surface area contributed by atoms with Crippen LogP contribution in [0.4, 0.5) is 0 Å². The van der Waals surface area contributed by atoms with Gasteiger partial charge in [0.15, 0.2) is 0 Å².